The van der Waals surface area contributed by atoms with Crippen LogP contribution in [0.15, 0.2) is 41.7 Å². The van der Waals surface area contributed by atoms with E-state index in [9.17, 15) is 13.5 Å². The highest BCUT2D eigenvalue weighted by molar-refractivity contribution is 7.90. The summed E-state index contributed by atoms with van der Waals surface area (Å²) in [6.45, 7) is -2.06. The van der Waals surface area contributed by atoms with E-state index in [1.54, 1.807) is 28.8 Å². The van der Waals surface area contributed by atoms with E-state index in [-0.39, 0.29) is 24.5 Å². The molecule has 4 aromatic rings. The van der Waals surface area contributed by atoms with Crippen molar-refractivity contribution in [3.05, 3.63) is 47.5 Å². The Labute approximate surface area is 169 Å². The normalized spacial score (nSPS) is 13.8. The van der Waals surface area contributed by atoms with Crippen LogP contribution < -0.4 is 0 Å². The molecular formula is C18H18ClN5O3S. The number of aromatic nitrogens is 5. The molecule has 0 fully saturated rings. The van der Waals surface area contributed by atoms with Gasteiger partial charge in [0.2, 0.25) is 0 Å². The number of nitrogens with zero attached hydrogens (tertiary/aromatic N) is 5. The number of hydrogen-bond donors (Lipinski definition) is 1. The Bertz CT molecular complexity index is 1360. The molecule has 0 bridgehead atoms. The third kappa shape index (κ3) is 3.36. The van der Waals surface area contributed by atoms with Gasteiger partial charge in [-0.3, -0.25) is 9.67 Å². The lowest BCUT2D eigenvalue weighted by molar-refractivity contribution is 0.279. The highest BCUT2D eigenvalue weighted by atomic mass is 35.5. The second-order valence-electron chi connectivity index (χ2n) is 6.35. The van der Waals surface area contributed by atoms with E-state index in [0.29, 0.717) is 27.3 Å². The molecule has 0 amide bonds. The van der Waals surface area contributed by atoms with Crippen LogP contribution in [0.1, 0.15) is 15.0 Å². The van der Waals surface area contributed by atoms with Gasteiger partial charge in [0.05, 0.1) is 32.0 Å². The standard InChI is InChI=1S/C18H18ClN5O3S/c1-28(26,27)18-13-5-6-20-10-16(13)24(22-18)11-17-21-14-9-12(19)3-4-15(14)23(17)7-2-8-25/h3-6,9-10,25H,2,7-8,11H2,1H3/i8D2. The SMILES string of the molecule is [2H]C([2H])(O)CCn1c(Cn2nc(S(C)(=O)=O)c3ccncc32)nc2cc(Cl)ccc21. The van der Waals surface area contributed by atoms with Crippen LogP contribution >= 0.6 is 11.6 Å². The third-order valence-electron chi connectivity index (χ3n) is 4.40. The van der Waals surface area contributed by atoms with Crippen molar-refractivity contribution < 1.29 is 16.3 Å². The van der Waals surface area contributed by atoms with Crippen LogP contribution in [0, 0.1) is 0 Å². The number of hydrogen-bond acceptors (Lipinski definition) is 6. The van der Waals surface area contributed by atoms with E-state index in [4.69, 9.17) is 14.3 Å². The lowest BCUT2D eigenvalue weighted by Gasteiger charge is -2.09. The van der Waals surface area contributed by atoms with Crippen molar-refractivity contribution in [2.24, 2.45) is 0 Å². The summed E-state index contributed by atoms with van der Waals surface area (Å²) in [7, 11) is -3.56. The molecule has 3 heterocycles. The van der Waals surface area contributed by atoms with Crippen molar-refractivity contribution in [3.8, 4) is 0 Å². The Hall–Kier alpha value is -2.49. The summed E-state index contributed by atoms with van der Waals surface area (Å²) in [5.41, 5.74) is 1.86. The van der Waals surface area contributed by atoms with Crippen LogP contribution in [0.2, 0.25) is 5.02 Å². The van der Waals surface area contributed by atoms with Gasteiger partial charge in [0.25, 0.3) is 0 Å². The largest absolute Gasteiger partial charge is 0.396 e. The Morgan fingerprint density at radius 1 is 1.29 bits per heavy atom. The van der Waals surface area contributed by atoms with E-state index in [0.717, 1.165) is 11.8 Å². The first-order chi connectivity index (χ1) is 14.0. The lowest BCUT2D eigenvalue weighted by Crippen LogP contribution is -2.11. The summed E-state index contributed by atoms with van der Waals surface area (Å²) in [6, 6.07) is 6.76. The number of pyridine rings is 1. The zero-order valence-corrected chi connectivity index (χ0v) is 16.4. The van der Waals surface area contributed by atoms with Crippen molar-refractivity contribution in [3.63, 3.8) is 0 Å². The van der Waals surface area contributed by atoms with Crippen molar-refractivity contribution in [2.75, 3.05) is 12.8 Å². The van der Waals surface area contributed by atoms with Crippen LogP contribution in [0.25, 0.3) is 21.9 Å². The van der Waals surface area contributed by atoms with Crippen LogP contribution in [0.4, 0.5) is 0 Å². The maximum Gasteiger partial charge on any atom is 0.195 e. The fourth-order valence-corrected chi connectivity index (χ4v) is 4.19. The molecule has 3 aromatic heterocycles. The average molecular weight is 422 g/mol. The van der Waals surface area contributed by atoms with Gasteiger partial charge in [0.15, 0.2) is 14.9 Å². The van der Waals surface area contributed by atoms with Crippen molar-refractivity contribution in [1.82, 2.24) is 24.3 Å². The van der Waals surface area contributed by atoms with Crippen LogP contribution in [0.5, 0.6) is 0 Å². The van der Waals surface area contributed by atoms with Crippen LogP contribution in [-0.2, 0) is 22.9 Å². The molecule has 0 aliphatic carbocycles. The number of aliphatic hydroxyl groups is 1. The molecule has 0 unspecified atom stereocenters. The number of fused-ring (bicyclic) bond motifs is 2. The van der Waals surface area contributed by atoms with Crippen molar-refractivity contribution in [1.29, 1.82) is 0 Å². The van der Waals surface area contributed by atoms with Crippen molar-refractivity contribution >= 4 is 43.4 Å². The molecule has 10 heteroatoms. The molecule has 0 spiro atoms. The Balaban J connectivity index is 1.84. The second kappa shape index (κ2) is 7.16. The number of sulfone groups is 1. The van der Waals surface area contributed by atoms with E-state index in [2.05, 4.69) is 15.1 Å². The van der Waals surface area contributed by atoms with E-state index in [1.807, 2.05) is 0 Å². The van der Waals surface area contributed by atoms with Gasteiger partial charge in [-0.1, -0.05) is 11.6 Å². The first-order valence-corrected chi connectivity index (χ1v) is 10.7. The smallest absolute Gasteiger partial charge is 0.195 e. The van der Waals surface area contributed by atoms with E-state index in [1.165, 1.54) is 17.1 Å². The zero-order chi connectivity index (χ0) is 21.7. The van der Waals surface area contributed by atoms with Gasteiger partial charge in [0, 0.05) is 36.0 Å². The highest BCUT2D eigenvalue weighted by Crippen LogP contribution is 2.25. The molecule has 0 saturated heterocycles. The van der Waals surface area contributed by atoms with Crippen LogP contribution in [-0.4, -0.2) is 50.7 Å². The van der Waals surface area contributed by atoms with E-state index < -0.39 is 16.4 Å². The minimum Gasteiger partial charge on any atom is -0.396 e. The Kier molecular flexibility index (Phi) is 4.21. The molecule has 1 N–H and O–H groups in total. The minimum atomic E-state index is -3.56. The molecule has 0 saturated carbocycles. The molecule has 1 aromatic carbocycles. The third-order valence-corrected chi connectivity index (χ3v) is 5.64. The molecule has 28 heavy (non-hydrogen) atoms. The molecule has 0 aliphatic rings. The Morgan fingerprint density at radius 3 is 2.86 bits per heavy atom. The molecule has 0 aliphatic heterocycles. The summed E-state index contributed by atoms with van der Waals surface area (Å²) in [5.74, 6) is 0.518. The lowest BCUT2D eigenvalue weighted by atomic mass is 10.3. The van der Waals surface area contributed by atoms with Crippen molar-refractivity contribution in [2.45, 2.75) is 24.5 Å². The molecule has 0 radical (unpaired) electrons. The molecule has 4 rings (SSSR count). The van der Waals surface area contributed by atoms with Gasteiger partial charge < -0.3 is 9.67 Å². The predicted octanol–water partition coefficient (Wildman–Crippen LogP) is 2.27. The number of benzene rings is 1. The summed E-state index contributed by atoms with van der Waals surface area (Å²) in [5, 5.41) is 14.7. The summed E-state index contributed by atoms with van der Waals surface area (Å²) in [6.07, 6.45) is 3.99. The fourth-order valence-electron chi connectivity index (χ4n) is 3.20. The second-order valence-corrected chi connectivity index (χ2v) is 8.72. The quantitative estimate of drug-likeness (QED) is 0.512. The zero-order valence-electron chi connectivity index (χ0n) is 16.9. The maximum atomic E-state index is 12.2. The number of halogens is 1. The molecule has 146 valence electrons. The topological polar surface area (TPSA) is 103 Å². The van der Waals surface area contributed by atoms with Gasteiger partial charge in [-0.05, 0) is 30.7 Å². The molecule has 0 atom stereocenters. The summed E-state index contributed by atoms with van der Waals surface area (Å²) in [4.78, 5) is 8.66. The first kappa shape index (κ1) is 16.5. The molecule has 8 nitrogen and oxygen atoms in total. The minimum absolute atomic E-state index is 0.0442. The number of imidazole rings is 1. The summed E-state index contributed by atoms with van der Waals surface area (Å²) >= 11 is 6.08. The highest BCUT2D eigenvalue weighted by Gasteiger charge is 2.20. The first-order valence-electron chi connectivity index (χ1n) is 9.40. The fraction of sp³-hybridized carbons (Fsp3) is 0.278. The van der Waals surface area contributed by atoms with Gasteiger partial charge in [-0.15, -0.1) is 0 Å². The number of aryl methyl sites for hydroxylation is 1. The Morgan fingerprint density at radius 2 is 2.11 bits per heavy atom. The van der Waals surface area contributed by atoms with Gasteiger partial charge in [-0.25, -0.2) is 13.4 Å². The van der Waals surface area contributed by atoms with Gasteiger partial charge in [0.1, 0.15) is 5.82 Å². The summed E-state index contributed by atoms with van der Waals surface area (Å²) < 4.78 is 42.5. The van der Waals surface area contributed by atoms with Gasteiger partial charge in [-0.2, -0.15) is 5.10 Å². The van der Waals surface area contributed by atoms with Gasteiger partial charge >= 0.3 is 0 Å². The van der Waals surface area contributed by atoms with E-state index >= 15 is 0 Å². The van der Waals surface area contributed by atoms with Crippen LogP contribution in [0.3, 0.4) is 0 Å². The number of rotatable bonds is 6. The average Bonchev–Trinajstić information content (AvgIpc) is 3.17. The predicted molar refractivity (Wildman–Crippen MR) is 106 cm³/mol. The monoisotopic (exact) mass is 421 g/mol. The maximum absolute atomic E-state index is 12.2. The molecular weight excluding hydrogens is 402 g/mol.